The summed E-state index contributed by atoms with van der Waals surface area (Å²) >= 11 is 0. The maximum atomic E-state index is 12.1. The minimum absolute atomic E-state index is 0.182. The molecule has 0 saturated carbocycles. The first kappa shape index (κ1) is 19.7. The molecule has 6 nitrogen and oxygen atoms in total. The zero-order valence-corrected chi connectivity index (χ0v) is 15.2. The fourth-order valence-corrected chi connectivity index (χ4v) is 2.26. The summed E-state index contributed by atoms with van der Waals surface area (Å²) in [5.41, 5.74) is 1.44. The molecule has 138 valence electrons. The van der Waals surface area contributed by atoms with Crippen molar-refractivity contribution in [1.29, 1.82) is 5.26 Å². The summed E-state index contributed by atoms with van der Waals surface area (Å²) in [6.45, 7) is -0.0200. The number of hydrogen-bond acceptors (Lipinski definition) is 5. The fourth-order valence-electron chi connectivity index (χ4n) is 2.26. The number of ether oxygens (including phenoxy) is 2. The number of esters is 1. The van der Waals surface area contributed by atoms with E-state index in [0.29, 0.717) is 17.9 Å². The Morgan fingerprint density at radius 3 is 2.37 bits per heavy atom. The van der Waals surface area contributed by atoms with Crippen LogP contribution in [0.25, 0.3) is 6.08 Å². The smallest absolute Gasteiger partial charge is 0.349 e. The van der Waals surface area contributed by atoms with Gasteiger partial charge in [-0.05, 0) is 29.3 Å². The first-order chi connectivity index (χ1) is 13.0. The molecule has 0 atom stereocenters. The van der Waals surface area contributed by atoms with Gasteiger partial charge in [0.25, 0.3) is 5.91 Å². The zero-order chi connectivity index (χ0) is 19.6. The van der Waals surface area contributed by atoms with Gasteiger partial charge in [-0.3, -0.25) is 4.79 Å². The van der Waals surface area contributed by atoms with Crippen LogP contribution in [0.1, 0.15) is 11.1 Å². The van der Waals surface area contributed by atoms with E-state index in [2.05, 4.69) is 0 Å². The van der Waals surface area contributed by atoms with E-state index in [1.165, 1.54) is 11.0 Å². The first-order valence-corrected chi connectivity index (χ1v) is 8.24. The number of nitriles is 1. The number of amides is 1. The molecular weight excluding hydrogens is 344 g/mol. The van der Waals surface area contributed by atoms with Gasteiger partial charge in [0.2, 0.25) is 0 Å². The number of hydrogen-bond donors (Lipinski definition) is 0. The highest BCUT2D eigenvalue weighted by Crippen LogP contribution is 2.14. The molecule has 0 bridgehead atoms. The van der Waals surface area contributed by atoms with Crippen LogP contribution in [-0.4, -0.2) is 37.5 Å². The van der Waals surface area contributed by atoms with Gasteiger partial charge in [0.15, 0.2) is 6.61 Å². The molecule has 0 radical (unpaired) electrons. The first-order valence-electron chi connectivity index (χ1n) is 8.24. The second kappa shape index (κ2) is 9.78. The van der Waals surface area contributed by atoms with E-state index in [0.717, 1.165) is 5.56 Å². The molecule has 0 aromatic heterocycles. The summed E-state index contributed by atoms with van der Waals surface area (Å²) in [6, 6.07) is 18.1. The quantitative estimate of drug-likeness (QED) is 0.429. The molecular formula is C21H20N2O4. The normalized spacial score (nSPS) is 10.6. The second-order valence-corrected chi connectivity index (χ2v) is 5.75. The van der Waals surface area contributed by atoms with Crippen molar-refractivity contribution in [2.24, 2.45) is 0 Å². The van der Waals surface area contributed by atoms with Crippen LogP contribution in [0, 0.1) is 11.3 Å². The number of carbonyl (C=O) groups is 2. The number of benzene rings is 2. The summed E-state index contributed by atoms with van der Waals surface area (Å²) in [6.07, 6.45) is 1.40. The van der Waals surface area contributed by atoms with Crippen LogP contribution in [0.3, 0.4) is 0 Å². The minimum atomic E-state index is -0.838. The van der Waals surface area contributed by atoms with E-state index < -0.39 is 12.6 Å². The predicted octanol–water partition coefficient (Wildman–Crippen LogP) is 2.80. The highest BCUT2D eigenvalue weighted by atomic mass is 16.5. The molecule has 0 saturated heterocycles. The van der Waals surface area contributed by atoms with Gasteiger partial charge in [0.05, 0.1) is 7.11 Å². The molecule has 2 rings (SSSR count). The van der Waals surface area contributed by atoms with Gasteiger partial charge in [-0.1, -0.05) is 42.5 Å². The van der Waals surface area contributed by atoms with E-state index in [9.17, 15) is 14.9 Å². The molecule has 2 aromatic carbocycles. The average molecular weight is 364 g/mol. The highest BCUT2D eigenvalue weighted by Gasteiger charge is 2.15. The van der Waals surface area contributed by atoms with E-state index in [-0.39, 0.29) is 11.5 Å². The number of likely N-dealkylation sites (N-methyl/N-ethyl adjacent to an activating group) is 1. The van der Waals surface area contributed by atoms with Gasteiger partial charge < -0.3 is 14.4 Å². The summed E-state index contributed by atoms with van der Waals surface area (Å²) < 4.78 is 10.0. The molecule has 6 heteroatoms. The van der Waals surface area contributed by atoms with Crippen LogP contribution in [0.15, 0.2) is 60.2 Å². The van der Waals surface area contributed by atoms with Crippen molar-refractivity contribution >= 4 is 18.0 Å². The predicted molar refractivity (Wildman–Crippen MR) is 100 cm³/mol. The lowest BCUT2D eigenvalue weighted by atomic mass is 10.1. The Labute approximate surface area is 158 Å². The number of nitrogens with zero attached hydrogens (tertiary/aromatic N) is 2. The van der Waals surface area contributed by atoms with Crippen molar-refractivity contribution in [2.75, 3.05) is 20.8 Å². The molecule has 0 aliphatic rings. The zero-order valence-electron chi connectivity index (χ0n) is 15.2. The van der Waals surface area contributed by atoms with Gasteiger partial charge in [-0.25, -0.2) is 4.79 Å². The Morgan fingerprint density at radius 2 is 1.78 bits per heavy atom. The molecule has 1 amide bonds. The van der Waals surface area contributed by atoms with Crippen molar-refractivity contribution in [3.8, 4) is 11.8 Å². The molecule has 0 N–H and O–H groups in total. The maximum absolute atomic E-state index is 12.1. The van der Waals surface area contributed by atoms with E-state index in [4.69, 9.17) is 9.47 Å². The summed E-state index contributed by atoms with van der Waals surface area (Å²) in [5.74, 6) is -0.524. The Hall–Kier alpha value is -3.59. The van der Waals surface area contributed by atoms with Crippen LogP contribution in [0.5, 0.6) is 5.75 Å². The van der Waals surface area contributed by atoms with Crippen molar-refractivity contribution in [3.63, 3.8) is 0 Å². The SMILES string of the molecule is COc1ccc(/C=C(\C#N)C(=O)OCC(=O)N(C)Cc2ccccc2)cc1. The van der Waals surface area contributed by atoms with Crippen LogP contribution in [0.4, 0.5) is 0 Å². The summed E-state index contributed by atoms with van der Waals surface area (Å²) in [4.78, 5) is 25.7. The topological polar surface area (TPSA) is 79.6 Å². The largest absolute Gasteiger partial charge is 0.497 e. The Bertz CT molecular complexity index is 852. The lowest BCUT2D eigenvalue weighted by molar-refractivity contribution is -0.148. The lowest BCUT2D eigenvalue weighted by Crippen LogP contribution is -2.31. The molecule has 0 unspecified atom stereocenters. The molecule has 2 aromatic rings. The highest BCUT2D eigenvalue weighted by molar-refractivity contribution is 5.98. The Balaban J connectivity index is 1.92. The van der Waals surface area contributed by atoms with Gasteiger partial charge >= 0.3 is 5.97 Å². The average Bonchev–Trinajstić information content (AvgIpc) is 2.71. The van der Waals surface area contributed by atoms with Crippen LogP contribution in [-0.2, 0) is 20.9 Å². The van der Waals surface area contributed by atoms with Gasteiger partial charge in [0, 0.05) is 13.6 Å². The standard InChI is InChI=1S/C21H20N2O4/c1-23(14-17-6-4-3-5-7-17)20(24)15-27-21(25)18(13-22)12-16-8-10-19(26-2)11-9-16/h3-12H,14-15H2,1-2H3/b18-12+. The third-order valence-corrected chi connectivity index (χ3v) is 3.78. The molecule has 27 heavy (non-hydrogen) atoms. The molecule has 0 spiro atoms. The van der Waals surface area contributed by atoms with Crippen LogP contribution >= 0.6 is 0 Å². The summed E-state index contributed by atoms with van der Waals surface area (Å²) in [7, 11) is 3.18. The lowest BCUT2D eigenvalue weighted by Gasteiger charge is -2.17. The minimum Gasteiger partial charge on any atom is -0.497 e. The second-order valence-electron chi connectivity index (χ2n) is 5.75. The Morgan fingerprint density at radius 1 is 1.11 bits per heavy atom. The van der Waals surface area contributed by atoms with E-state index in [1.54, 1.807) is 44.5 Å². The molecule has 0 aliphatic heterocycles. The van der Waals surface area contributed by atoms with Crippen molar-refractivity contribution in [3.05, 3.63) is 71.3 Å². The third kappa shape index (κ3) is 6.01. The number of carbonyl (C=O) groups excluding carboxylic acids is 2. The Kier molecular flexibility index (Phi) is 7.15. The monoisotopic (exact) mass is 364 g/mol. The third-order valence-electron chi connectivity index (χ3n) is 3.78. The van der Waals surface area contributed by atoms with E-state index >= 15 is 0 Å². The van der Waals surface area contributed by atoms with Gasteiger partial charge in [-0.2, -0.15) is 5.26 Å². The number of methoxy groups -OCH3 is 1. The van der Waals surface area contributed by atoms with Crippen LogP contribution in [0.2, 0.25) is 0 Å². The fraction of sp³-hybridized carbons (Fsp3) is 0.190. The molecule has 0 heterocycles. The maximum Gasteiger partial charge on any atom is 0.349 e. The van der Waals surface area contributed by atoms with Gasteiger partial charge in [-0.15, -0.1) is 0 Å². The van der Waals surface area contributed by atoms with Gasteiger partial charge in [0.1, 0.15) is 17.4 Å². The van der Waals surface area contributed by atoms with E-state index in [1.807, 2.05) is 30.3 Å². The molecule has 0 aliphatic carbocycles. The van der Waals surface area contributed by atoms with Crippen molar-refractivity contribution in [2.45, 2.75) is 6.54 Å². The number of rotatable bonds is 7. The molecule has 0 fully saturated rings. The van der Waals surface area contributed by atoms with Crippen molar-refractivity contribution in [1.82, 2.24) is 4.90 Å². The van der Waals surface area contributed by atoms with Crippen molar-refractivity contribution < 1.29 is 19.1 Å². The summed E-state index contributed by atoms with van der Waals surface area (Å²) in [5, 5.41) is 9.19. The van der Waals surface area contributed by atoms with Crippen LogP contribution < -0.4 is 4.74 Å².